The molecule has 0 spiro atoms. The zero-order chi connectivity index (χ0) is 10.6. The first-order chi connectivity index (χ1) is 6.56. The molecule has 1 rings (SSSR count). The van der Waals surface area contributed by atoms with E-state index in [0.29, 0.717) is 5.92 Å². The van der Waals surface area contributed by atoms with E-state index in [-0.39, 0.29) is 6.42 Å². The highest BCUT2D eigenvalue weighted by Crippen LogP contribution is 2.34. The minimum Gasteiger partial charge on any atom is -0.481 e. The summed E-state index contributed by atoms with van der Waals surface area (Å²) in [5.41, 5.74) is -0.471. The standard InChI is InChI=1S/C11H20O3/c1-11(14-2,8-10(12)13)7-9-5-3-4-6-9/h9H,3-8H2,1-2H3,(H,12,13). The molecule has 14 heavy (non-hydrogen) atoms. The van der Waals surface area contributed by atoms with Crippen LogP contribution in [-0.4, -0.2) is 23.8 Å². The van der Waals surface area contributed by atoms with E-state index in [0.717, 1.165) is 6.42 Å². The molecule has 0 radical (unpaired) electrons. The summed E-state index contributed by atoms with van der Waals surface area (Å²) in [7, 11) is 1.61. The van der Waals surface area contributed by atoms with Crippen molar-refractivity contribution in [2.24, 2.45) is 5.92 Å². The molecule has 0 saturated heterocycles. The topological polar surface area (TPSA) is 46.5 Å². The predicted molar refractivity (Wildman–Crippen MR) is 54.2 cm³/mol. The van der Waals surface area contributed by atoms with Crippen molar-refractivity contribution in [2.75, 3.05) is 7.11 Å². The molecule has 0 amide bonds. The molecule has 3 nitrogen and oxygen atoms in total. The van der Waals surface area contributed by atoms with E-state index in [1.54, 1.807) is 7.11 Å². The number of carboxylic acids is 1. The number of aliphatic carboxylic acids is 1. The Morgan fingerprint density at radius 1 is 1.50 bits per heavy atom. The number of rotatable bonds is 5. The first kappa shape index (κ1) is 11.5. The van der Waals surface area contributed by atoms with Crippen molar-refractivity contribution in [1.82, 2.24) is 0 Å². The fourth-order valence-electron chi connectivity index (χ4n) is 2.37. The van der Waals surface area contributed by atoms with Gasteiger partial charge in [0.05, 0.1) is 12.0 Å². The van der Waals surface area contributed by atoms with Crippen LogP contribution < -0.4 is 0 Å². The zero-order valence-electron chi connectivity index (χ0n) is 9.08. The monoisotopic (exact) mass is 200 g/mol. The van der Waals surface area contributed by atoms with Crippen LogP contribution in [0.15, 0.2) is 0 Å². The molecule has 1 atom stereocenters. The third kappa shape index (κ3) is 3.29. The van der Waals surface area contributed by atoms with Crippen molar-refractivity contribution >= 4 is 5.97 Å². The van der Waals surface area contributed by atoms with Gasteiger partial charge in [-0.3, -0.25) is 4.79 Å². The van der Waals surface area contributed by atoms with Crippen LogP contribution in [0.4, 0.5) is 0 Å². The molecule has 1 aliphatic carbocycles. The molecule has 1 fully saturated rings. The summed E-state index contributed by atoms with van der Waals surface area (Å²) in [6.07, 6.45) is 6.04. The fraction of sp³-hybridized carbons (Fsp3) is 0.909. The Bertz CT molecular complexity index is 197. The van der Waals surface area contributed by atoms with Gasteiger partial charge in [-0.1, -0.05) is 25.7 Å². The summed E-state index contributed by atoms with van der Waals surface area (Å²) < 4.78 is 5.33. The van der Waals surface area contributed by atoms with E-state index >= 15 is 0 Å². The Labute approximate surface area is 85.5 Å². The molecule has 1 aliphatic rings. The van der Waals surface area contributed by atoms with Gasteiger partial charge in [-0.25, -0.2) is 0 Å². The molecule has 0 aliphatic heterocycles. The second kappa shape index (κ2) is 4.78. The van der Waals surface area contributed by atoms with Gasteiger partial charge in [0, 0.05) is 7.11 Å². The summed E-state index contributed by atoms with van der Waals surface area (Å²) in [4.78, 5) is 10.7. The van der Waals surface area contributed by atoms with Gasteiger partial charge < -0.3 is 9.84 Å². The van der Waals surface area contributed by atoms with Crippen LogP contribution in [-0.2, 0) is 9.53 Å². The summed E-state index contributed by atoms with van der Waals surface area (Å²) in [6.45, 7) is 1.90. The average molecular weight is 200 g/mol. The SMILES string of the molecule is COC(C)(CC(=O)O)CC1CCCC1. The maximum atomic E-state index is 10.7. The Balaban J connectivity index is 2.46. The van der Waals surface area contributed by atoms with E-state index in [4.69, 9.17) is 9.84 Å². The van der Waals surface area contributed by atoms with Gasteiger partial charge in [0.2, 0.25) is 0 Å². The van der Waals surface area contributed by atoms with Crippen LogP contribution in [0.1, 0.15) is 45.4 Å². The molecular formula is C11H20O3. The number of hydrogen-bond donors (Lipinski definition) is 1. The van der Waals surface area contributed by atoms with Gasteiger partial charge in [0.1, 0.15) is 0 Å². The number of carbonyl (C=O) groups is 1. The number of methoxy groups -OCH3 is 1. The number of hydrogen-bond acceptors (Lipinski definition) is 2. The van der Waals surface area contributed by atoms with Gasteiger partial charge in [-0.15, -0.1) is 0 Å². The number of carboxylic acid groups (broad SMARTS) is 1. The van der Waals surface area contributed by atoms with Crippen LogP contribution in [0.3, 0.4) is 0 Å². The quantitative estimate of drug-likeness (QED) is 0.741. The first-order valence-electron chi connectivity index (χ1n) is 5.33. The summed E-state index contributed by atoms with van der Waals surface area (Å²) in [6, 6.07) is 0. The first-order valence-corrected chi connectivity index (χ1v) is 5.33. The molecule has 0 bridgehead atoms. The molecule has 3 heteroatoms. The lowest BCUT2D eigenvalue weighted by Crippen LogP contribution is -2.32. The second-order valence-electron chi connectivity index (χ2n) is 4.58. The molecule has 0 aromatic heterocycles. The molecule has 1 unspecified atom stereocenters. The van der Waals surface area contributed by atoms with Crippen LogP contribution in [0.25, 0.3) is 0 Å². The van der Waals surface area contributed by atoms with Gasteiger partial charge in [-0.05, 0) is 19.3 Å². The predicted octanol–water partition coefficient (Wildman–Crippen LogP) is 2.45. The molecule has 0 heterocycles. The summed E-state index contributed by atoms with van der Waals surface area (Å²) in [5.74, 6) is -0.105. The van der Waals surface area contributed by atoms with Gasteiger partial charge in [0.25, 0.3) is 0 Å². The highest BCUT2D eigenvalue weighted by atomic mass is 16.5. The summed E-state index contributed by atoms with van der Waals surface area (Å²) >= 11 is 0. The van der Waals surface area contributed by atoms with Crippen LogP contribution in [0.2, 0.25) is 0 Å². The van der Waals surface area contributed by atoms with Gasteiger partial charge in [-0.2, -0.15) is 0 Å². The van der Waals surface area contributed by atoms with Crippen LogP contribution in [0, 0.1) is 5.92 Å². The smallest absolute Gasteiger partial charge is 0.306 e. The lowest BCUT2D eigenvalue weighted by molar-refractivity contribution is -0.144. The normalized spacial score (nSPS) is 22.1. The Kier molecular flexibility index (Phi) is 3.93. The Morgan fingerprint density at radius 3 is 2.50 bits per heavy atom. The van der Waals surface area contributed by atoms with E-state index < -0.39 is 11.6 Å². The van der Waals surface area contributed by atoms with Crippen molar-refractivity contribution < 1.29 is 14.6 Å². The third-order valence-corrected chi connectivity index (χ3v) is 3.21. The zero-order valence-corrected chi connectivity index (χ0v) is 9.08. The molecular weight excluding hydrogens is 180 g/mol. The van der Waals surface area contributed by atoms with Gasteiger partial charge in [0.15, 0.2) is 0 Å². The van der Waals surface area contributed by atoms with Crippen molar-refractivity contribution in [3.05, 3.63) is 0 Å². The van der Waals surface area contributed by atoms with E-state index in [9.17, 15) is 4.79 Å². The maximum Gasteiger partial charge on any atom is 0.306 e. The van der Waals surface area contributed by atoms with Crippen LogP contribution in [0.5, 0.6) is 0 Å². The molecule has 1 N–H and O–H groups in total. The summed E-state index contributed by atoms with van der Waals surface area (Å²) in [5, 5.41) is 8.77. The van der Waals surface area contributed by atoms with Crippen molar-refractivity contribution in [3.8, 4) is 0 Å². The molecule has 0 aromatic rings. The maximum absolute atomic E-state index is 10.7. The van der Waals surface area contributed by atoms with E-state index in [1.165, 1.54) is 25.7 Å². The van der Waals surface area contributed by atoms with Crippen LogP contribution >= 0.6 is 0 Å². The molecule has 82 valence electrons. The number of ether oxygens (including phenoxy) is 1. The minimum absolute atomic E-state index is 0.111. The molecule has 1 saturated carbocycles. The average Bonchev–Trinajstić information content (AvgIpc) is 2.55. The largest absolute Gasteiger partial charge is 0.481 e. The Morgan fingerprint density at radius 2 is 2.07 bits per heavy atom. The highest BCUT2D eigenvalue weighted by molar-refractivity contribution is 5.68. The Hall–Kier alpha value is -0.570. The third-order valence-electron chi connectivity index (χ3n) is 3.21. The minimum atomic E-state index is -0.771. The lowest BCUT2D eigenvalue weighted by atomic mass is 9.88. The van der Waals surface area contributed by atoms with Crippen molar-refractivity contribution in [1.29, 1.82) is 0 Å². The molecule has 0 aromatic carbocycles. The van der Waals surface area contributed by atoms with E-state index in [2.05, 4.69) is 0 Å². The van der Waals surface area contributed by atoms with Crippen molar-refractivity contribution in [3.63, 3.8) is 0 Å². The highest BCUT2D eigenvalue weighted by Gasteiger charge is 2.31. The lowest BCUT2D eigenvalue weighted by Gasteiger charge is -2.29. The van der Waals surface area contributed by atoms with E-state index in [1.807, 2.05) is 6.92 Å². The fourth-order valence-corrected chi connectivity index (χ4v) is 2.37. The van der Waals surface area contributed by atoms with Crippen molar-refractivity contribution in [2.45, 2.75) is 51.0 Å². The van der Waals surface area contributed by atoms with Gasteiger partial charge >= 0.3 is 5.97 Å². The second-order valence-corrected chi connectivity index (χ2v) is 4.58.